The fraction of sp³-hybridized carbons (Fsp3) is 0.235. The highest BCUT2D eigenvalue weighted by molar-refractivity contribution is 7.93. The van der Waals surface area contributed by atoms with Crippen LogP contribution < -0.4 is 9.04 Å². The molecule has 0 bridgehead atoms. The summed E-state index contributed by atoms with van der Waals surface area (Å²) in [4.78, 5) is 12.7. The number of sulfonamides is 1. The third kappa shape index (κ3) is 3.12. The van der Waals surface area contributed by atoms with E-state index in [0.717, 1.165) is 4.31 Å². The second-order valence-electron chi connectivity index (χ2n) is 5.51. The summed E-state index contributed by atoms with van der Waals surface area (Å²) in [5.74, 6) is -0.277. The molecule has 0 spiro atoms. The van der Waals surface area contributed by atoms with Gasteiger partial charge < -0.3 is 4.74 Å². The molecule has 1 fully saturated rings. The van der Waals surface area contributed by atoms with E-state index in [-0.39, 0.29) is 21.5 Å². The average Bonchev–Trinajstić information content (AvgIpc) is 3.41. The quantitative estimate of drug-likeness (QED) is 0.813. The monoisotopic (exact) mass is 365 g/mol. The Morgan fingerprint density at radius 3 is 2.38 bits per heavy atom. The van der Waals surface area contributed by atoms with Crippen LogP contribution in [0.4, 0.5) is 5.69 Å². The van der Waals surface area contributed by atoms with Gasteiger partial charge in [-0.3, -0.25) is 4.79 Å². The Balaban J connectivity index is 2.11. The molecule has 0 saturated heterocycles. The van der Waals surface area contributed by atoms with Gasteiger partial charge in [0.2, 0.25) is 5.91 Å². The summed E-state index contributed by atoms with van der Waals surface area (Å²) in [6.45, 7) is 0. The first kappa shape index (κ1) is 16.8. The van der Waals surface area contributed by atoms with Crippen molar-refractivity contribution >= 4 is 33.2 Å². The standard InChI is InChI=1S/C17H16ClNO4S/c1-23-16-10-9-13(11-15(16)18)19(17(20)12-7-8-12)24(21,22)14-5-3-2-4-6-14/h2-6,9-12H,7-8H2,1H3. The lowest BCUT2D eigenvalue weighted by Crippen LogP contribution is -2.38. The van der Waals surface area contributed by atoms with Crippen LogP contribution in [-0.2, 0) is 14.8 Å². The molecule has 24 heavy (non-hydrogen) atoms. The van der Waals surface area contributed by atoms with Gasteiger partial charge in [0.15, 0.2) is 0 Å². The van der Waals surface area contributed by atoms with E-state index in [1.165, 1.54) is 31.4 Å². The number of rotatable bonds is 5. The summed E-state index contributed by atoms with van der Waals surface area (Å²) in [5, 5.41) is 0.242. The van der Waals surface area contributed by atoms with Gasteiger partial charge in [-0.05, 0) is 43.2 Å². The van der Waals surface area contributed by atoms with E-state index in [4.69, 9.17) is 16.3 Å². The number of ether oxygens (including phenoxy) is 1. The van der Waals surface area contributed by atoms with Crippen LogP contribution in [-0.4, -0.2) is 21.4 Å². The van der Waals surface area contributed by atoms with Crippen molar-refractivity contribution in [2.24, 2.45) is 5.92 Å². The highest BCUT2D eigenvalue weighted by atomic mass is 35.5. The van der Waals surface area contributed by atoms with Gasteiger partial charge in [-0.25, -0.2) is 12.7 Å². The summed E-state index contributed by atoms with van der Waals surface area (Å²) < 4.78 is 31.9. The fourth-order valence-electron chi connectivity index (χ4n) is 2.36. The topological polar surface area (TPSA) is 63.7 Å². The maximum atomic E-state index is 13.0. The van der Waals surface area contributed by atoms with Crippen LogP contribution >= 0.6 is 11.6 Å². The number of carbonyl (C=O) groups is 1. The molecule has 0 radical (unpaired) electrons. The van der Waals surface area contributed by atoms with E-state index < -0.39 is 15.9 Å². The number of halogens is 1. The zero-order valence-corrected chi connectivity index (χ0v) is 14.5. The molecule has 0 unspecified atom stereocenters. The third-order valence-corrected chi connectivity index (χ3v) is 5.81. The summed E-state index contributed by atoms with van der Waals surface area (Å²) >= 11 is 6.11. The van der Waals surface area contributed by atoms with Crippen molar-refractivity contribution < 1.29 is 17.9 Å². The molecule has 0 N–H and O–H groups in total. The van der Waals surface area contributed by atoms with Crippen LogP contribution in [0.1, 0.15) is 12.8 Å². The lowest BCUT2D eigenvalue weighted by atomic mass is 10.3. The van der Waals surface area contributed by atoms with Crippen molar-refractivity contribution in [3.05, 3.63) is 53.6 Å². The molecule has 0 heterocycles. The molecular weight excluding hydrogens is 350 g/mol. The second kappa shape index (κ2) is 6.45. The minimum atomic E-state index is -4.01. The van der Waals surface area contributed by atoms with Crippen LogP contribution in [0, 0.1) is 5.92 Å². The fourth-order valence-corrected chi connectivity index (χ4v) is 4.10. The predicted molar refractivity (Wildman–Crippen MR) is 91.8 cm³/mol. The summed E-state index contributed by atoms with van der Waals surface area (Å²) in [7, 11) is -2.54. The summed E-state index contributed by atoms with van der Waals surface area (Å²) in [6.07, 6.45) is 1.40. The van der Waals surface area contributed by atoms with Gasteiger partial charge in [-0.2, -0.15) is 0 Å². The van der Waals surface area contributed by atoms with Crippen molar-refractivity contribution in [1.82, 2.24) is 0 Å². The maximum absolute atomic E-state index is 13.0. The molecule has 0 atom stereocenters. The molecule has 0 aromatic heterocycles. The van der Waals surface area contributed by atoms with E-state index in [1.54, 1.807) is 24.3 Å². The summed E-state index contributed by atoms with van der Waals surface area (Å²) in [5.41, 5.74) is 0.210. The highest BCUT2D eigenvalue weighted by Gasteiger charge is 2.40. The Bertz CT molecular complexity index is 863. The van der Waals surface area contributed by atoms with E-state index >= 15 is 0 Å². The molecule has 3 rings (SSSR count). The molecular formula is C17H16ClNO4S. The van der Waals surface area contributed by atoms with E-state index in [1.807, 2.05) is 0 Å². The van der Waals surface area contributed by atoms with Crippen molar-refractivity contribution in [3.63, 3.8) is 0 Å². The smallest absolute Gasteiger partial charge is 0.270 e. The normalized spacial score (nSPS) is 14.2. The molecule has 7 heteroatoms. The zero-order chi connectivity index (χ0) is 17.3. The third-order valence-electron chi connectivity index (χ3n) is 3.78. The second-order valence-corrected chi connectivity index (χ2v) is 7.71. The number of hydrogen-bond donors (Lipinski definition) is 0. The minimum Gasteiger partial charge on any atom is -0.495 e. The van der Waals surface area contributed by atoms with E-state index in [2.05, 4.69) is 0 Å². The molecule has 0 aliphatic heterocycles. The van der Waals surface area contributed by atoms with Gasteiger partial charge in [-0.1, -0.05) is 29.8 Å². The van der Waals surface area contributed by atoms with Gasteiger partial charge in [0.05, 0.1) is 22.7 Å². The van der Waals surface area contributed by atoms with Gasteiger partial charge >= 0.3 is 0 Å². The number of amides is 1. The van der Waals surface area contributed by atoms with Crippen LogP contribution in [0.3, 0.4) is 0 Å². The molecule has 1 saturated carbocycles. The molecule has 126 valence electrons. The van der Waals surface area contributed by atoms with Gasteiger partial charge in [0, 0.05) is 5.92 Å². The van der Waals surface area contributed by atoms with Gasteiger partial charge in [0.1, 0.15) is 5.75 Å². The largest absolute Gasteiger partial charge is 0.495 e. The molecule has 1 aliphatic rings. The lowest BCUT2D eigenvalue weighted by molar-refractivity contribution is -0.118. The Kier molecular flexibility index (Phi) is 4.51. The number of carbonyl (C=O) groups excluding carboxylic acids is 1. The molecule has 5 nitrogen and oxygen atoms in total. The number of nitrogens with zero attached hydrogens (tertiary/aromatic N) is 1. The van der Waals surface area contributed by atoms with Crippen LogP contribution in [0.15, 0.2) is 53.4 Å². The Morgan fingerprint density at radius 1 is 1.17 bits per heavy atom. The van der Waals surface area contributed by atoms with Crippen LogP contribution in [0.5, 0.6) is 5.75 Å². The molecule has 1 aliphatic carbocycles. The maximum Gasteiger partial charge on any atom is 0.270 e. The van der Waals surface area contributed by atoms with E-state index in [0.29, 0.717) is 18.6 Å². The first-order chi connectivity index (χ1) is 11.4. The van der Waals surface area contributed by atoms with Crippen molar-refractivity contribution in [2.75, 3.05) is 11.4 Å². The van der Waals surface area contributed by atoms with Crippen molar-refractivity contribution in [2.45, 2.75) is 17.7 Å². The number of hydrogen-bond acceptors (Lipinski definition) is 4. The number of methoxy groups -OCH3 is 1. The van der Waals surface area contributed by atoms with Gasteiger partial charge in [0.25, 0.3) is 10.0 Å². The number of anilines is 1. The Morgan fingerprint density at radius 2 is 1.83 bits per heavy atom. The lowest BCUT2D eigenvalue weighted by Gasteiger charge is -2.23. The zero-order valence-electron chi connectivity index (χ0n) is 13.0. The van der Waals surface area contributed by atoms with Crippen molar-refractivity contribution in [3.8, 4) is 5.75 Å². The average molecular weight is 366 g/mol. The highest BCUT2D eigenvalue weighted by Crippen LogP contribution is 2.37. The van der Waals surface area contributed by atoms with Crippen molar-refractivity contribution in [1.29, 1.82) is 0 Å². The molecule has 1 amide bonds. The van der Waals surface area contributed by atoms with E-state index in [9.17, 15) is 13.2 Å². The summed E-state index contributed by atoms with van der Waals surface area (Å²) in [6, 6.07) is 12.4. The Hall–Kier alpha value is -2.05. The predicted octanol–water partition coefficient (Wildman–Crippen LogP) is 3.48. The molecule has 2 aromatic carbocycles. The number of benzene rings is 2. The SMILES string of the molecule is COc1ccc(N(C(=O)C2CC2)S(=O)(=O)c2ccccc2)cc1Cl. The first-order valence-electron chi connectivity index (χ1n) is 7.43. The Labute approximate surface area is 145 Å². The molecule has 2 aromatic rings. The van der Waals surface area contributed by atoms with Crippen LogP contribution in [0.2, 0.25) is 5.02 Å². The van der Waals surface area contributed by atoms with Crippen LogP contribution in [0.25, 0.3) is 0 Å². The minimum absolute atomic E-state index is 0.0611. The first-order valence-corrected chi connectivity index (χ1v) is 9.24. The van der Waals surface area contributed by atoms with Gasteiger partial charge in [-0.15, -0.1) is 0 Å².